The van der Waals surface area contributed by atoms with Gasteiger partial charge in [0, 0.05) is 20.6 Å². The van der Waals surface area contributed by atoms with Crippen LogP contribution in [0.3, 0.4) is 0 Å². The molecule has 0 atom stereocenters. The standard InChI is InChI=1S/C13H21N5O2/c1-5-6-7-18-11-10(12(19)17(4)13(18)20)16(3)9(15-11)8-14-2/h14H,5-8H2,1-4H3. The second-order valence-corrected chi connectivity index (χ2v) is 4.94. The van der Waals surface area contributed by atoms with Crippen LogP contribution in [0.2, 0.25) is 0 Å². The number of nitrogens with one attached hydrogen (secondary N) is 1. The lowest BCUT2D eigenvalue weighted by Crippen LogP contribution is -2.38. The van der Waals surface area contributed by atoms with Gasteiger partial charge in [-0.1, -0.05) is 13.3 Å². The van der Waals surface area contributed by atoms with Crippen LogP contribution in [-0.2, 0) is 27.2 Å². The van der Waals surface area contributed by atoms with Crippen molar-refractivity contribution in [3.8, 4) is 0 Å². The van der Waals surface area contributed by atoms with Crippen LogP contribution in [0.1, 0.15) is 25.6 Å². The van der Waals surface area contributed by atoms with Crippen LogP contribution in [0, 0.1) is 0 Å². The molecule has 7 heteroatoms. The van der Waals surface area contributed by atoms with E-state index in [1.54, 1.807) is 16.2 Å². The minimum absolute atomic E-state index is 0.296. The van der Waals surface area contributed by atoms with Crippen molar-refractivity contribution >= 4 is 11.2 Å². The van der Waals surface area contributed by atoms with E-state index in [1.165, 1.54) is 7.05 Å². The quantitative estimate of drug-likeness (QED) is 0.833. The van der Waals surface area contributed by atoms with Crippen LogP contribution in [0.25, 0.3) is 11.2 Å². The Bertz CT molecular complexity index is 738. The molecule has 0 aromatic carbocycles. The van der Waals surface area contributed by atoms with Gasteiger partial charge in [0.2, 0.25) is 0 Å². The minimum atomic E-state index is -0.301. The fraction of sp³-hybridized carbons (Fsp3) is 0.615. The molecule has 0 saturated heterocycles. The summed E-state index contributed by atoms with van der Waals surface area (Å²) in [7, 11) is 5.14. The molecule has 20 heavy (non-hydrogen) atoms. The highest BCUT2D eigenvalue weighted by Crippen LogP contribution is 2.10. The van der Waals surface area contributed by atoms with Gasteiger partial charge in [0.05, 0.1) is 6.54 Å². The lowest BCUT2D eigenvalue weighted by molar-refractivity contribution is 0.583. The van der Waals surface area contributed by atoms with Gasteiger partial charge >= 0.3 is 5.69 Å². The molecule has 0 bridgehead atoms. The Morgan fingerprint density at radius 2 is 1.90 bits per heavy atom. The summed E-state index contributed by atoms with van der Waals surface area (Å²) < 4.78 is 4.51. The molecule has 0 unspecified atom stereocenters. The van der Waals surface area contributed by atoms with Gasteiger partial charge in [0.15, 0.2) is 11.2 Å². The van der Waals surface area contributed by atoms with Crippen LogP contribution in [0.5, 0.6) is 0 Å². The Morgan fingerprint density at radius 3 is 2.50 bits per heavy atom. The van der Waals surface area contributed by atoms with E-state index in [9.17, 15) is 9.59 Å². The minimum Gasteiger partial charge on any atom is -0.324 e. The molecule has 2 aromatic heterocycles. The summed E-state index contributed by atoms with van der Waals surface area (Å²) in [5.41, 5.74) is 0.368. The fourth-order valence-corrected chi connectivity index (χ4v) is 2.31. The summed E-state index contributed by atoms with van der Waals surface area (Å²) in [6.07, 6.45) is 1.86. The molecule has 2 heterocycles. The van der Waals surface area contributed by atoms with Crippen molar-refractivity contribution in [2.24, 2.45) is 14.1 Å². The van der Waals surface area contributed by atoms with Gasteiger partial charge < -0.3 is 9.88 Å². The SMILES string of the molecule is CCCCn1c(=O)n(C)c(=O)c2c1nc(CNC)n2C. The molecule has 1 N–H and O–H groups in total. The summed E-state index contributed by atoms with van der Waals surface area (Å²) >= 11 is 0. The van der Waals surface area contributed by atoms with E-state index in [-0.39, 0.29) is 11.2 Å². The van der Waals surface area contributed by atoms with Crippen molar-refractivity contribution in [1.29, 1.82) is 0 Å². The average molecular weight is 279 g/mol. The summed E-state index contributed by atoms with van der Waals surface area (Å²) in [6.45, 7) is 3.20. The molecule has 2 aromatic rings. The average Bonchev–Trinajstić information content (AvgIpc) is 2.74. The monoisotopic (exact) mass is 279 g/mol. The molecular weight excluding hydrogens is 258 g/mol. The Kier molecular flexibility index (Phi) is 4.08. The number of nitrogens with zero attached hydrogens (tertiary/aromatic N) is 4. The lowest BCUT2D eigenvalue weighted by atomic mass is 10.3. The predicted octanol–water partition coefficient (Wildman–Crippen LogP) is -0.0468. The van der Waals surface area contributed by atoms with Crippen LogP contribution in [0.4, 0.5) is 0 Å². The van der Waals surface area contributed by atoms with Gasteiger partial charge in [0.1, 0.15) is 5.82 Å². The number of hydrogen-bond acceptors (Lipinski definition) is 4. The first-order valence-corrected chi connectivity index (χ1v) is 6.82. The number of hydrogen-bond donors (Lipinski definition) is 1. The van der Waals surface area contributed by atoms with E-state index in [0.717, 1.165) is 23.2 Å². The molecule has 0 aliphatic carbocycles. The van der Waals surface area contributed by atoms with Crippen LogP contribution >= 0.6 is 0 Å². The number of fused-ring (bicyclic) bond motifs is 1. The molecule has 0 amide bonds. The maximum atomic E-state index is 12.3. The third-order valence-corrected chi connectivity index (χ3v) is 3.52. The third-order valence-electron chi connectivity index (χ3n) is 3.52. The molecule has 0 aliphatic heterocycles. The highest BCUT2D eigenvalue weighted by molar-refractivity contribution is 5.71. The summed E-state index contributed by atoms with van der Waals surface area (Å²) in [4.78, 5) is 29.0. The number of aryl methyl sites for hydroxylation is 2. The van der Waals surface area contributed by atoms with Crippen molar-refractivity contribution < 1.29 is 0 Å². The van der Waals surface area contributed by atoms with Gasteiger partial charge in [-0.05, 0) is 13.5 Å². The van der Waals surface area contributed by atoms with Crippen LogP contribution in [-0.4, -0.2) is 25.7 Å². The zero-order chi connectivity index (χ0) is 14.9. The first-order chi connectivity index (χ1) is 9.52. The maximum Gasteiger partial charge on any atom is 0.332 e. The third kappa shape index (κ3) is 2.18. The number of aromatic nitrogens is 4. The Balaban J connectivity index is 2.80. The molecule has 7 nitrogen and oxygen atoms in total. The van der Waals surface area contributed by atoms with Crippen molar-refractivity contribution in [3.63, 3.8) is 0 Å². The molecular formula is C13H21N5O2. The number of unbranched alkanes of at least 4 members (excludes halogenated alkanes) is 1. The van der Waals surface area contributed by atoms with Crippen molar-refractivity contribution in [2.45, 2.75) is 32.9 Å². The Morgan fingerprint density at radius 1 is 1.20 bits per heavy atom. The van der Waals surface area contributed by atoms with E-state index >= 15 is 0 Å². The lowest BCUT2D eigenvalue weighted by Gasteiger charge is -2.08. The van der Waals surface area contributed by atoms with Gasteiger partial charge in [0.25, 0.3) is 5.56 Å². The van der Waals surface area contributed by atoms with E-state index < -0.39 is 0 Å². The molecule has 0 spiro atoms. The summed E-state index contributed by atoms with van der Waals surface area (Å²) in [6, 6.07) is 0. The summed E-state index contributed by atoms with van der Waals surface area (Å²) in [5, 5.41) is 3.02. The van der Waals surface area contributed by atoms with Gasteiger partial charge in [-0.15, -0.1) is 0 Å². The maximum absolute atomic E-state index is 12.3. The zero-order valence-corrected chi connectivity index (χ0v) is 12.4. The Hall–Kier alpha value is -1.89. The van der Waals surface area contributed by atoms with Gasteiger partial charge in [-0.2, -0.15) is 0 Å². The first kappa shape index (κ1) is 14.5. The van der Waals surface area contributed by atoms with Gasteiger partial charge in [-0.25, -0.2) is 9.78 Å². The van der Waals surface area contributed by atoms with E-state index in [0.29, 0.717) is 24.3 Å². The highest BCUT2D eigenvalue weighted by Gasteiger charge is 2.17. The predicted molar refractivity (Wildman–Crippen MR) is 77.9 cm³/mol. The van der Waals surface area contributed by atoms with E-state index in [4.69, 9.17) is 0 Å². The first-order valence-electron chi connectivity index (χ1n) is 6.82. The molecule has 0 saturated carbocycles. The molecule has 110 valence electrons. The topological polar surface area (TPSA) is 73.8 Å². The van der Waals surface area contributed by atoms with E-state index in [2.05, 4.69) is 17.2 Å². The van der Waals surface area contributed by atoms with Crippen molar-refractivity contribution in [2.75, 3.05) is 7.05 Å². The number of imidazole rings is 1. The smallest absolute Gasteiger partial charge is 0.324 e. The summed E-state index contributed by atoms with van der Waals surface area (Å²) in [5.74, 6) is 0.746. The molecule has 0 fully saturated rings. The van der Waals surface area contributed by atoms with Crippen LogP contribution in [0.15, 0.2) is 9.59 Å². The van der Waals surface area contributed by atoms with Gasteiger partial charge in [-0.3, -0.25) is 13.9 Å². The van der Waals surface area contributed by atoms with E-state index in [1.807, 2.05) is 7.05 Å². The largest absolute Gasteiger partial charge is 0.332 e. The molecule has 0 radical (unpaired) electrons. The zero-order valence-electron chi connectivity index (χ0n) is 12.4. The highest BCUT2D eigenvalue weighted by atomic mass is 16.2. The Labute approximate surface area is 116 Å². The normalized spacial score (nSPS) is 11.4. The van der Waals surface area contributed by atoms with Crippen molar-refractivity contribution in [1.82, 2.24) is 24.0 Å². The molecule has 2 rings (SSSR count). The van der Waals surface area contributed by atoms with Crippen LogP contribution < -0.4 is 16.6 Å². The number of rotatable bonds is 5. The fourth-order valence-electron chi connectivity index (χ4n) is 2.31. The molecule has 0 aliphatic rings. The van der Waals surface area contributed by atoms with Crippen molar-refractivity contribution in [3.05, 3.63) is 26.7 Å². The second kappa shape index (κ2) is 5.62. The second-order valence-electron chi connectivity index (χ2n) is 4.94.